The average Bonchev–Trinajstić information content (AvgIpc) is 2.18. The molecule has 3 atom stereocenters. The highest BCUT2D eigenvalue weighted by atomic mass is 16.5. The topological polar surface area (TPSA) is 24.5 Å². The molecule has 0 aliphatic carbocycles. The van der Waals surface area contributed by atoms with Gasteiger partial charge in [-0.2, -0.15) is 0 Å². The van der Waals surface area contributed by atoms with Crippen LogP contribution in [-0.4, -0.2) is 31.4 Å². The van der Waals surface area contributed by atoms with Gasteiger partial charge in [0, 0.05) is 20.2 Å². The number of nitrogens with zero attached hydrogens (tertiary/aromatic N) is 1. The molecule has 3 heteroatoms. The molecule has 12 heavy (non-hydrogen) atoms. The molecule has 0 aromatic heterocycles. The van der Waals surface area contributed by atoms with Crippen molar-refractivity contribution in [2.24, 2.45) is 5.92 Å². The van der Waals surface area contributed by atoms with Crippen molar-refractivity contribution >= 4 is 0 Å². The number of nitrogens with one attached hydrogen (secondary N) is 1. The van der Waals surface area contributed by atoms with Crippen LogP contribution in [0.4, 0.5) is 0 Å². The van der Waals surface area contributed by atoms with E-state index in [9.17, 15) is 0 Å². The van der Waals surface area contributed by atoms with Crippen molar-refractivity contribution in [3.63, 3.8) is 0 Å². The highest BCUT2D eigenvalue weighted by Gasteiger charge is 2.24. The minimum absolute atomic E-state index is 0.181. The molecule has 1 fully saturated rings. The lowest BCUT2D eigenvalue weighted by atomic mass is 10.0. The second-order valence-electron chi connectivity index (χ2n) is 3.80. The minimum atomic E-state index is 0.181. The van der Waals surface area contributed by atoms with E-state index in [1.54, 1.807) is 7.11 Å². The first kappa shape index (κ1) is 9.96. The summed E-state index contributed by atoms with van der Waals surface area (Å²) in [5, 5.41) is 2.15. The Kier molecular flexibility index (Phi) is 3.50. The molecular weight excluding hydrogens is 152 g/mol. The molecule has 1 N–H and O–H groups in total. The average molecular weight is 172 g/mol. The van der Waals surface area contributed by atoms with Crippen molar-refractivity contribution in [3.05, 3.63) is 0 Å². The van der Waals surface area contributed by atoms with Crippen LogP contribution in [0.15, 0.2) is 0 Å². The fraction of sp³-hybridized carbons (Fsp3) is 1.00. The Balaban J connectivity index is 2.54. The van der Waals surface area contributed by atoms with Crippen molar-refractivity contribution < 1.29 is 4.74 Å². The summed E-state index contributed by atoms with van der Waals surface area (Å²) in [5.41, 5.74) is 3.34. The normalized spacial score (nSPS) is 39.5. The molecule has 0 amide bonds. The molecule has 1 aliphatic rings. The molecule has 0 aromatic carbocycles. The number of hydrogen-bond donors (Lipinski definition) is 1. The molecular formula is C9H20N2O. The van der Waals surface area contributed by atoms with Gasteiger partial charge < -0.3 is 4.74 Å². The van der Waals surface area contributed by atoms with Crippen molar-refractivity contribution in [1.29, 1.82) is 0 Å². The zero-order chi connectivity index (χ0) is 9.14. The van der Waals surface area contributed by atoms with Crippen LogP contribution in [0.1, 0.15) is 26.7 Å². The first-order chi connectivity index (χ1) is 5.65. The van der Waals surface area contributed by atoms with E-state index in [0.717, 1.165) is 0 Å². The molecule has 0 radical (unpaired) electrons. The molecule has 0 bridgehead atoms. The Morgan fingerprint density at radius 2 is 2.00 bits per heavy atom. The molecule has 3 unspecified atom stereocenters. The fourth-order valence-electron chi connectivity index (χ4n) is 1.59. The van der Waals surface area contributed by atoms with Crippen LogP contribution in [-0.2, 0) is 4.74 Å². The Labute approximate surface area is 75.0 Å². The summed E-state index contributed by atoms with van der Waals surface area (Å²) in [4.78, 5) is 0. The lowest BCUT2D eigenvalue weighted by Crippen LogP contribution is -2.47. The first-order valence-electron chi connectivity index (χ1n) is 4.67. The fourth-order valence-corrected chi connectivity index (χ4v) is 1.59. The summed E-state index contributed by atoms with van der Waals surface area (Å²) < 4.78 is 5.35. The third-order valence-electron chi connectivity index (χ3n) is 2.80. The van der Waals surface area contributed by atoms with E-state index in [-0.39, 0.29) is 6.23 Å². The van der Waals surface area contributed by atoms with Crippen LogP contribution in [0, 0.1) is 5.92 Å². The Morgan fingerprint density at radius 3 is 2.58 bits per heavy atom. The van der Waals surface area contributed by atoms with Crippen LogP contribution < -0.4 is 5.43 Å². The Morgan fingerprint density at radius 1 is 1.33 bits per heavy atom. The van der Waals surface area contributed by atoms with Crippen LogP contribution in [0.2, 0.25) is 0 Å². The number of rotatable bonds is 1. The number of hydrazine groups is 1. The maximum Gasteiger partial charge on any atom is 0.122 e. The summed E-state index contributed by atoms with van der Waals surface area (Å²) in [7, 11) is 3.84. The molecule has 1 rings (SSSR count). The largest absolute Gasteiger partial charge is 0.365 e. The Bertz CT molecular complexity index is 140. The molecule has 72 valence electrons. The van der Waals surface area contributed by atoms with Gasteiger partial charge in [-0.1, -0.05) is 6.92 Å². The minimum Gasteiger partial charge on any atom is -0.365 e. The van der Waals surface area contributed by atoms with Gasteiger partial charge in [0.25, 0.3) is 0 Å². The highest BCUT2D eigenvalue weighted by molar-refractivity contribution is 4.72. The second kappa shape index (κ2) is 4.21. The Hall–Kier alpha value is -0.120. The molecule has 1 heterocycles. The lowest BCUT2D eigenvalue weighted by Gasteiger charge is -2.27. The van der Waals surface area contributed by atoms with Crippen molar-refractivity contribution in [2.45, 2.75) is 39.0 Å². The van der Waals surface area contributed by atoms with Crippen LogP contribution in [0.5, 0.6) is 0 Å². The molecule has 1 saturated heterocycles. The van der Waals surface area contributed by atoms with Gasteiger partial charge in [-0.05, 0) is 25.7 Å². The van der Waals surface area contributed by atoms with Crippen molar-refractivity contribution in [2.75, 3.05) is 14.2 Å². The predicted molar refractivity (Wildman–Crippen MR) is 49.6 cm³/mol. The summed E-state index contributed by atoms with van der Waals surface area (Å²) in [6.07, 6.45) is 2.65. The maximum atomic E-state index is 5.35. The number of methoxy groups -OCH3 is 1. The first-order valence-corrected chi connectivity index (χ1v) is 4.67. The summed E-state index contributed by atoms with van der Waals surface area (Å²) in [6, 6.07) is 0.604. The summed E-state index contributed by atoms with van der Waals surface area (Å²) >= 11 is 0. The quantitative estimate of drug-likeness (QED) is 0.643. The van der Waals surface area contributed by atoms with E-state index in [1.165, 1.54) is 12.8 Å². The van der Waals surface area contributed by atoms with E-state index >= 15 is 0 Å². The van der Waals surface area contributed by atoms with Crippen molar-refractivity contribution in [1.82, 2.24) is 10.4 Å². The smallest absolute Gasteiger partial charge is 0.122 e. The monoisotopic (exact) mass is 172 g/mol. The molecule has 0 aromatic rings. The van der Waals surface area contributed by atoms with Gasteiger partial charge in [0.05, 0.1) is 0 Å². The third kappa shape index (κ3) is 2.19. The molecule has 0 spiro atoms. The lowest BCUT2D eigenvalue weighted by molar-refractivity contribution is -0.0173. The summed E-state index contributed by atoms with van der Waals surface area (Å²) in [6.45, 7) is 4.46. The maximum absolute atomic E-state index is 5.35. The van der Waals surface area contributed by atoms with Gasteiger partial charge in [-0.25, -0.2) is 10.4 Å². The van der Waals surface area contributed by atoms with Crippen LogP contribution in [0.3, 0.4) is 0 Å². The van der Waals surface area contributed by atoms with E-state index in [1.807, 2.05) is 0 Å². The van der Waals surface area contributed by atoms with Gasteiger partial charge in [0.2, 0.25) is 0 Å². The predicted octanol–water partition coefficient (Wildman–Crippen LogP) is 1.21. The van der Waals surface area contributed by atoms with Gasteiger partial charge in [-0.3, -0.25) is 0 Å². The zero-order valence-electron chi connectivity index (χ0n) is 8.50. The van der Waals surface area contributed by atoms with Gasteiger partial charge >= 0.3 is 0 Å². The van der Waals surface area contributed by atoms with Gasteiger partial charge in [-0.15, -0.1) is 0 Å². The van der Waals surface area contributed by atoms with E-state index in [2.05, 4.69) is 31.3 Å². The summed E-state index contributed by atoms with van der Waals surface area (Å²) in [5.74, 6) is 0.599. The SMILES string of the molecule is COC1NN(C)C(C)CCC1C. The van der Waals surface area contributed by atoms with Gasteiger partial charge in [0.15, 0.2) is 0 Å². The van der Waals surface area contributed by atoms with E-state index in [4.69, 9.17) is 4.74 Å². The van der Waals surface area contributed by atoms with E-state index < -0.39 is 0 Å². The highest BCUT2D eigenvalue weighted by Crippen LogP contribution is 2.18. The number of hydrogen-bond acceptors (Lipinski definition) is 3. The van der Waals surface area contributed by atoms with Crippen LogP contribution in [0.25, 0.3) is 0 Å². The zero-order valence-corrected chi connectivity index (χ0v) is 8.50. The van der Waals surface area contributed by atoms with Crippen molar-refractivity contribution in [3.8, 4) is 0 Å². The molecule has 0 saturated carbocycles. The van der Waals surface area contributed by atoms with E-state index in [0.29, 0.717) is 12.0 Å². The third-order valence-corrected chi connectivity index (χ3v) is 2.80. The molecule has 3 nitrogen and oxygen atoms in total. The molecule has 1 aliphatic heterocycles. The standard InChI is InChI=1S/C9H20N2O/c1-7-5-6-8(2)11(3)10-9(7)12-4/h7-10H,5-6H2,1-4H3. The number of ether oxygens (including phenoxy) is 1. The van der Waals surface area contributed by atoms with Gasteiger partial charge in [0.1, 0.15) is 6.23 Å². The van der Waals surface area contributed by atoms with Crippen LogP contribution >= 0.6 is 0 Å². The second-order valence-corrected chi connectivity index (χ2v) is 3.80.